The molecule has 0 atom stereocenters. The molecule has 1 amide bonds. The Balaban J connectivity index is 3.01. The molecule has 3 N–H and O–H groups in total. The number of nitrogens with one attached hydrogen (secondary N) is 1. The van der Waals surface area contributed by atoms with Crippen molar-refractivity contribution in [3.63, 3.8) is 0 Å². The summed E-state index contributed by atoms with van der Waals surface area (Å²) in [6, 6.07) is 3.43. The first-order valence-corrected chi connectivity index (χ1v) is 4.79. The Labute approximate surface area is 104 Å². The van der Waals surface area contributed by atoms with E-state index in [4.69, 9.17) is 10.5 Å². The molecule has 9 heteroatoms. The lowest BCUT2D eigenvalue weighted by molar-refractivity contribution is -0.267. The monoisotopic (exact) mass is 284 g/mol. The molecule has 0 fully saturated rings. The number of nitrogens with two attached hydrogens (primary N) is 1. The quantitative estimate of drug-likeness (QED) is 0.661. The van der Waals surface area contributed by atoms with E-state index >= 15 is 0 Å². The lowest BCUT2D eigenvalue weighted by Gasteiger charge is -2.19. The molecule has 0 unspecified atom stereocenters. The Morgan fingerprint density at radius 3 is 2.32 bits per heavy atom. The summed E-state index contributed by atoms with van der Waals surface area (Å²) in [5.74, 6) is -8.13. The summed E-state index contributed by atoms with van der Waals surface area (Å²) in [7, 11) is 1.15. The Morgan fingerprint density at radius 2 is 1.84 bits per heavy atom. The fourth-order valence-electron chi connectivity index (χ4n) is 1.14. The third-order valence-electron chi connectivity index (χ3n) is 2.11. The van der Waals surface area contributed by atoms with E-state index < -0.39 is 18.0 Å². The molecular formula is C10H9F5N2O2. The van der Waals surface area contributed by atoms with Crippen molar-refractivity contribution in [2.24, 2.45) is 0 Å². The van der Waals surface area contributed by atoms with Crippen LogP contribution in [0.2, 0.25) is 0 Å². The number of anilines is 2. The molecule has 4 nitrogen and oxygen atoms in total. The maximum Gasteiger partial charge on any atom is 0.463 e. The van der Waals surface area contributed by atoms with Gasteiger partial charge in [-0.2, -0.15) is 22.0 Å². The molecule has 19 heavy (non-hydrogen) atoms. The second-order valence-corrected chi connectivity index (χ2v) is 3.49. The minimum Gasteiger partial charge on any atom is -0.494 e. The van der Waals surface area contributed by atoms with Crippen LogP contribution in [-0.2, 0) is 4.79 Å². The van der Waals surface area contributed by atoms with Crippen molar-refractivity contribution >= 4 is 17.3 Å². The second-order valence-electron chi connectivity index (χ2n) is 3.49. The van der Waals surface area contributed by atoms with E-state index in [2.05, 4.69) is 0 Å². The van der Waals surface area contributed by atoms with Crippen LogP contribution in [0, 0.1) is 0 Å². The summed E-state index contributed by atoms with van der Waals surface area (Å²) in [6.45, 7) is 0. The highest BCUT2D eigenvalue weighted by Gasteiger charge is 2.63. The van der Waals surface area contributed by atoms with Gasteiger partial charge in [0.2, 0.25) is 0 Å². The van der Waals surface area contributed by atoms with Gasteiger partial charge in [-0.05, 0) is 12.1 Å². The van der Waals surface area contributed by atoms with Gasteiger partial charge in [0.15, 0.2) is 0 Å². The number of alkyl halides is 5. The van der Waals surface area contributed by atoms with Gasteiger partial charge in [0, 0.05) is 11.8 Å². The van der Waals surface area contributed by atoms with Crippen LogP contribution in [0.25, 0.3) is 0 Å². The highest BCUT2D eigenvalue weighted by atomic mass is 19.4. The predicted molar refractivity (Wildman–Crippen MR) is 57.0 cm³/mol. The molecule has 0 radical (unpaired) electrons. The standard InChI is InChI=1S/C10H9F5N2O2/c1-19-7-4-5(16)2-3-6(7)17-8(18)9(11,12)10(13,14)15/h2-4H,16H2,1H3,(H,17,18). The first kappa shape index (κ1) is 15.0. The van der Waals surface area contributed by atoms with E-state index in [0.717, 1.165) is 13.2 Å². The summed E-state index contributed by atoms with van der Waals surface area (Å²) < 4.78 is 66.1. The normalized spacial score (nSPS) is 12.1. The van der Waals surface area contributed by atoms with Gasteiger partial charge in [-0.1, -0.05) is 0 Å². The zero-order valence-electron chi connectivity index (χ0n) is 9.52. The number of halogens is 5. The smallest absolute Gasteiger partial charge is 0.463 e. The van der Waals surface area contributed by atoms with Crippen LogP contribution < -0.4 is 15.8 Å². The molecule has 0 heterocycles. The van der Waals surface area contributed by atoms with E-state index in [1.807, 2.05) is 0 Å². The van der Waals surface area contributed by atoms with Crippen molar-refractivity contribution in [2.45, 2.75) is 12.1 Å². The summed E-state index contributed by atoms with van der Waals surface area (Å²) in [6.07, 6.45) is -5.97. The van der Waals surface area contributed by atoms with Crippen molar-refractivity contribution in [2.75, 3.05) is 18.2 Å². The minimum atomic E-state index is -5.97. The number of benzene rings is 1. The molecule has 0 saturated carbocycles. The first-order chi connectivity index (χ1) is 8.59. The van der Waals surface area contributed by atoms with E-state index in [1.54, 1.807) is 0 Å². The maximum absolute atomic E-state index is 12.7. The fourth-order valence-corrected chi connectivity index (χ4v) is 1.14. The molecule has 0 aliphatic rings. The maximum atomic E-state index is 12.7. The second kappa shape index (κ2) is 4.90. The van der Waals surface area contributed by atoms with Gasteiger partial charge in [0.25, 0.3) is 0 Å². The zero-order chi connectivity index (χ0) is 14.8. The van der Waals surface area contributed by atoms with Crippen LogP contribution in [-0.4, -0.2) is 25.1 Å². The van der Waals surface area contributed by atoms with E-state index in [-0.39, 0.29) is 17.1 Å². The highest BCUT2D eigenvalue weighted by molar-refractivity contribution is 5.98. The number of hydrogen-bond donors (Lipinski definition) is 2. The van der Waals surface area contributed by atoms with Crippen molar-refractivity contribution in [3.05, 3.63) is 18.2 Å². The highest BCUT2D eigenvalue weighted by Crippen LogP contribution is 2.37. The SMILES string of the molecule is COc1cc(N)ccc1NC(=O)C(F)(F)C(F)(F)F. The van der Waals surface area contributed by atoms with Gasteiger partial charge in [-0.3, -0.25) is 4.79 Å². The Morgan fingerprint density at radius 1 is 1.26 bits per heavy atom. The van der Waals surface area contributed by atoms with Gasteiger partial charge in [-0.15, -0.1) is 0 Å². The van der Waals surface area contributed by atoms with Crippen molar-refractivity contribution in [1.82, 2.24) is 0 Å². The molecule has 106 valence electrons. The number of carbonyl (C=O) groups excluding carboxylic acids is 1. The Bertz CT molecular complexity index is 487. The number of hydrogen-bond acceptors (Lipinski definition) is 3. The average molecular weight is 284 g/mol. The van der Waals surface area contributed by atoms with E-state index in [9.17, 15) is 26.7 Å². The van der Waals surface area contributed by atoms with Gasteiger partial charge >= 0.3 is 18.0 Å². The van der Waals surface area contributed by atoms with Gasteiger partial charge in [0.05, 0.1) is 12.8 Å². The van der Waals surface area contributed by atoms with Gasteiger partial charge in [0.1, 0.15) is 5.75 Å². The van der Waals surface area contributed by atoms with Crippen LogP contribution in [0.5, 0.6) is 5.75 Å². The van der Waals surface area contributed by atoms with Crippen molar-refractivity contribution in [3.8, 4) is 5.75 Å². The van der Waals surface area contributed by atoms with Crippen molar-refractivity contribution in [1.29, 1.82) is 0 Å². The van der Waals surface area contributed by atoms with Crippen LogP contribution in [0.15, 0.2) is 18.2 Å². The number of ether oxygens (including phenoxy) is 1. The van der Waals surface area contributed by atoms with Crippen LogP contribution in [0.3, 0.4) is 0 Å². The fraction of sp³-hybridized carbons (Fsp3) is 0.300. The topological polar surface area (TPSA) is 64.3 Å². The molecule has 0 aliphatic carbocycles. The molecule has 1 rings (SSSR count). The van der Waals surface area contributed by atoms with Gasteiger partial charge in [-0.25, -0.2) is 0 Å². The first-order valence-electron chi connectivity index (χ1n) is 4.79. The lowest BCUT2D eigenvalue weighted by atomic mass is 10.2. The summed E-state index contributed by atoms with van der Waals surface area (Å²) in [4.78, 5) is 11.0. The number of amides is 1. The minimum absolute atomic E-state index is 0.133. The largest absolute Gasteiger partial charge is 0.494 e. The summed E-state index contributed by atoms with van der Waals surface area (Å²) in [5.41, 5.74) is 5.22. The summed E-state index contributed by atoms with van der Waals surface area (Å²) >= 11 is 0. The lowest BCUT2D eigenvalue weighted by Crippen LogP contribution is -2.47. The van der Waals surface area contributed by atoms with Crippen LogP contribution in [0.4, 0.5) is 33.3 Å². The van der Waals surface area contributed by atoms with Crippen molar-refractivity contribution < 1.29 is 31.5 Å². The third-order valence-corrected chi connectivity index (χ3v) is 2.11. The molecule has 0 aliphatic heterocycles. The number of nitrogen functional groups attached to an aromatic ring is 1. The molecule has 0 aromatic heterocycles. The van der Waals surface area contributed by atoms with Crippen LogP contribution >= 0.6 is 0 Å². The molecule has 0 saturated heterocycles. The molecule has 0 bridgehead atoms. The van der Waals surface area contributed by atoms with Crippen LogP contribution in [0.1, 0.15) is 0 Å². The Hall–Kier alpha value is -2.06. The van der Waals surface area contributed by atoms with Gasteiger partial charge < -0.3 is 15.8 Å². The molecule has 1 aromatic carbocycles. The Kier molecular flexibility index (Phi) is 3.87. The zero-order valence-corrected chi connectivity index (χ0v) is 9.52. The predicted octanol–water partition coefficient (Wildman–Crippen LogP) is 2.41. The molecular weight excluding hydrogens is 275 g/mol. The number of methoxy groups -OCH3 is 1. The number of carbonyl (C=O) groups is 1. The van der Waals surface area contributed by atoms with E-state index in [1.165, 1.54) is 17.4 Å². The third kappa shape index (κ3) is 3.04. The van der Waals surface area contributed by atoms with E-state index in [0.29, 0.717) is 0 Å². The number of rotatable bonds is 3. The molecule has 0 spiro atoms. The average Bonchev–Trinajstić information content (AvgIpc) is 2.29. The molecule has 1 aromatic rings. The summed E-state index contributed by atoms with van der Waals surface area (Å²) in [5, 5.41) is 1.45.